The Balaban J connectivity index is 0. The van der Waals surface area contributed by atoms with Crippen molar-refractivity contribution in [3.63, 3.8) is 0 Å². The minimum atomic E-state index is -1.24. The van der Waals surface area contributed by atoms with Crippen LogP contribution in [0.2, 0.25) is 0 Å². The van der Waals surface area contributed by atoms with Crippen LogP contribution < -0.4 is 0 Å². The first-order chi connectivity index (χ1) is 2.94. The highest BCUT2D eigenvalue weighted by Gasteiger charge is 2.18. The van der Waals surface area contributed by atoms with Gasteiger partial charge in [-0.05, 0) is 0 Å². The lowest BCUT2D eigenvalue weighted by Crippen LogP contribution is -2.28. The summed E-state index contributed by atoms with van der Waals surface area (Å²) in [6, 6.07) is 0. The topological polar surface area (TPSA) is 40.5 Å². The molecular formula is C4H12FO2P. The van der Waals surface area contributed by atoms with Gasteiger partial charge in [-0.1, -0.05) is 13.8 Å². The minimum Gasteiger partial charge on any atom is -0.367 e. The van der Waals surface area contributed by atoms with Gasteiger partial charge in [0.25, 0.3) is 0 Å². The van der Waals surface area contributed by atoms with E-state index in [9.17, 15) is 0 Å². The fourth-order valence-electron chi connectivity index (χ4n) is 0. The highest BCUT2D eigenvalue weighted by molar-refractivity contribution is 7.18. The molecule has 0 aliphatic heterocycles. The molecule has 8 heavy (non-hydrogen) atoms. The van der Waals surface area contributed by atoms with Crippen LogP contribution in [0.25, 0.3) is 0 Å². The Morgan fingerprint density at radius 1 is 1.38 bits per heavy atom. The molecule has 0 spiro atoms. The summed E-state index contributed by atoms with van der Waals surface area (Å²) in [5.74, 6) is 0. The molecule has 0 saturated carbocycles. The van der Waals surface area contributed by atoms with Crippen LogP contribution in [0.5, 0.6) is 0 Å². The van der Waals surface area contributed by atoms with Crippen molar-refractivity contribution in [2.45, 2.75) is 25.3 Å². The number of rotatable bonds is 1. The molecule has 0 heterocycles. The van der Waals surface area contributed by atoms with E-state index in [0.717, 1.165) is 0 Å². The van der Waals surface area contributed by atoms with Crippen molar-refractivity contribution in [3.8, 4) is 0 Å². The molecule has 0 rings (SSSR count). The maximum absolute atomic E-state index is 8.42. The Labute approximate surface area is 50.5 Å². The fraction of sp³-hybridized carbons (Fsp3) is 1.00. The van der Waals surface area contributed by atoms with E-state index in [4.69, 9.17) is 10.2 Å². The molecule has 0 amide bonds. The number of halogens is 1. The molecule has 0 bridgehead atoms. The molecule has 0 fully saturated rings. The van der Waals surface area contributed by atoms with Crippen molar-refractivity contribution in [2.24, 2.45) is 0 Å². The minimum absolute atomic E-state index is 0. The molecular weight excluding hydrogens is 130 g/mol. The highest BCUT2D eigenvalue weighted by atomic mass is 31.0. The van der Waals surface area contributed by atoms with Crippen molar-refractivity contribution < 1.29 is 14.9 Å². The third kappa shape index (κ3) is 4.44. The number of aliphatic hydroxyl groups is 2. The van der Waals surface area contributed by atoms with E-state index in [-0.39, 0.29) is 4.70 Å². The lowest BCUT2D eigenvalue weighted by Gasteiger charge is -2.19. The zero-order valence-electron chi connectivity index (χ0n) is 4.96. The maximum Gasteiger partial charge on any atom is 0.160 e. The summed E-state index contributed by atoms with van der Waals surface area (Å²) in [5.41, 5.74) is 0. The van der Waals surface area contributed by atoms with E-state index in [2.05, 4.69) is 9.24 Å². The zero-order chi connectivity index (χ0) is 6.08. The molecule has 0 aliphatic carbocycles. The average molecular weight is 142 g/mol. The largest absolute Gasteiger partial charge is 0.367 e. The van der Waals surface area contributed by atoms with Crippen LogP contribution >= 0.6 is 9.24 Å². The van der Waals surface area contributed by atoms with Crippen LogP contribution in [-0.2, 0) is 0 Å². The molecule has 1 unspecified atom stereocenters. The van der Waals surface area contributed by atoms with Crippen molar-refractivity contribution in [1.29, 1.82) is 0 Å². The zero-order valence-corrected chi connectivity index (χ0v) is 6.11. The predicted molar refractivity (Wildman–Crippen MR) is 34.5 cm³/mol. The van der Waals surface area contributed by atoms with Crippen molar-refractivity contribution in [3.05, 3.63) is 0 Å². The summed E-state index contributed by atoms with van der Waals surface area (Å²) >= 11 is 0. The Kier molecular flexibility index (Phi) is 4.64. The molecule has 2 nitrogen and oxygen atoms in total. The second kappa shape index (κ2) is 3.33. The van der Waals surface area contributed by atoms with Crippen molar-refractivity contribution in [1.82, 2.24) is 0 Å². The monoisotopic (exact) mass is 142 g/mol. The van der Waals surface area contributed by atoms with E-state index in [1.165, 1.54) is 0 Å². The Hall–Kier alpha value is 0.280. The second-order valence-electron chi connectivity index (χ2n) is 2.20. The average Bonchev–Trinajstić information content (AvgIpc) is 1.31. The van der Waals surface area contributed by atoms with Crippen molar-refractivity contribution in [2.75, 3.05) is 0 Å². The smallest absolute Gasteiger partial charge is 0.160 e. The van der Waals surface area contributed by atoms with E-state index < -0.39 is 11.4 Å². The van der Waals surface area contributed by atoms with Gasteiger partial charge in [-0.25, -0.2) is 0 Å². The lowest BCUT2D eigenvalue weighted by atomic mass is 10.2. The first-order valence-corrected chi connectivity index (χ1v) is 2.67. The van der Waals surface area contributed by atoms with Crippen LogP contribution in [0.15, 0.2) is 0 Å². The van der Waals surface area contributed by atoms with E-state index in [1.54, 1.807) is 13.8 Å². The van der Waals surface area contributed by atoms with Gasteiger partial charge in [0, 0.05) is 5.16 Å². The van der Waals surface area contributed by atoms with Gasteiger partial charge in [-0.3, -0.25) is 4.70 Å². The summed E-state index contributed by atoms with van der Waals surface area (Å²) in [6.45, 7) is 3.45. The van der Waals surface area contributed by atoms with Gasteiger partial charge in [0.1, 0.15) is 0 Å². The summed E-state index contributed by atoms with van der Waals surface area (Å²) < 4.78 is 0. The van der Waals surface area contributed by atoms with Gasteiger partial charge in [0.05, 0.1) is 0 Å². The molecule has 1 atom stereocenters. The first kappa shape index (κ1) is 11.1. The lowest BCUT2D eigenvalue weighted by molar-refractivity contribution is -0.0609. The summed E-state index contributed by atoms with van der Waals surface area (Å²) in [6.07, 6.45) is -1.24. The normalized spacial score (nSPS) is 11.2. The summed E-state index contributed by atoms with van der Waals surface area (Å²) in [4.78, 5) is 0. The number of hydrogen-bond donors (Lipinski definition) is 2. The van der Waals surface area contributed by atoms with E-state index >= 15 is 0 Å². The quantitative estimate of drug-likeness (QED) is 0.402. The third-order valence-electron chi connectivity index (χ3n) is 0.665. The predicted octanol–water partition coefficient (Wildman–Crippen LogP) is 0.103. The molecule has 52 valence electrons. The van der Waals surface area contributed by atoms with E-state index in [0.29, 0.717) is 0 Å². The number of aliphatic hydroxyl groups excluding tert-OH is 1. The van der Waals surface area contributed by atoms with Crippen molar-refractivity contribution >= 4 is 9.24 Å². The van der Waals surface area contributed by atoms with Crippen LogP contribution in [0, 0.1) is 0 Å². The maximum atomic E-state index is 8.42. The standard InChI is InChI=1S/C4H11O2P.FH/c1-4(2,7)3(5)6;/h3,5-6H,7H2,1-2H3;1H. The molecule has 2 N–H and O–H groups in total. The fourth-order valence-corrected chi connectivity index (χ4v) is 0. The molecule has 0 aromatic heterocycles. The van der Waals surface area contributed by atoms with Gasteiger partial charge in [-0.2, -0.15) is 0 Å². The second-order valence-corrected chi connectivity index (χ2v) is 3.68. The molecule has 0 radical (unpaired) electrons. The highest BCUT2D eigenvalue weighted by Crippen LogP contribution is 2.18. The van der Waals surface area contributed by atoms with Crippen LogP contribution in [-0.4, -0.2) is 21.7 Å². The summed E-state index contributed by atoms with van der Waals surface area (Å²) in [7, 11) is 2.33. The van der Waals surface area contributed by atoms with Gasteiger partial charge < -0.3 is 10.2 Å². The van der Waals surface area contributed by atoms with Crippen LogP contribution in [0.4, 0.5) is 4.70 Å². The molecule has 0 aliphatic rings. The molecule has 0 aromatic carbocycles. The Morgan fingerprint density at radius 3 is 1.50 bits per heavy atom. The molecule has 0 saturated heterocycles. The molecule has 4 heteroatoms. The Morgan fingerprint density at radius 2 is 1.50 bits per heavy atom. The third-order valence-corrected chi connectivity index (χ3v) is 0.964. The summed E-state index contributed by atoms with van der Waals surface area (Å²) in [5, 5.41) is 16.4. The Bertz CT molecular complexity index is 59.5. The SMILES string of the molecule is CC(C)(P)C(O)O.F. The van der Waals surface area contributed by atoms with Gasteiger partial charge >= 0.3 is 0 Å². The van der Waals surface area contributed by atoms with Gasteiger partial charge in [0.15, 0.2) is 6.29 Å². The van der Waals surface area contributed by atoms with E-state index in [1.807, 2.05) is 0 Å². The molecule has 0 aromatic rings. The van der Waals surface area contributed by atoms with Crippen LogP contribution in [0.1, 0.15) is 13.8 Å². The van der Waals surface area contributed by atoms with Crippen LogP contribution in [0.3, 0.4) is 0 Å². The number of hydrogen-bond acceptors (Lipinski definition) is 2. The van der Waals surface area contributed by atoms with Gasteiger partial charge in [-0.15, -0.1) is 9.24 Å². The van der Waals surface area contributed by atoms with Gasteiger partial charge in [0.2, 0.25) is 0 Å². The first-order valence-electron chi connectivity index (χ1n) is 2.09.